The Bertz CT molecular complexity index is 408. The molecule has 3 rings (SSSR count). The third-order valence-corrected chi connectivity index (χ3v) is 6.03. The first-order chi connectivity index (χ1) is 9.70. The van der Waals surface area contributed by atoms with Crippen molar-refractivity contribution in [3.05, 3.63) is 10.6 Å². The molecule has 5 nitrogen and oxygen atoms in total. The molecular weight excluding hydrogens is 272 g/mol. The molecule has 0 aromatic heterocycles. The molecule has 6 heteroatoms. The first-order valence-electron chi connectivity index (χ1n) is 7.39. The first-order valence-corrected chi connectivity index (χ1v) is 8.27. The lowest BCUT2D eigenvalue weighted by Gasteiger charge is -2.35. The van der Waals surface area contributed by atoms with Gasteiger partial charge in [-0.2, -0.15) is 0 Å². The highest BCUT2D eigenvalue weighted by Gasteiger charge is 2.39. The lowest BCUT2D eigenvalue weighted by Crippen LogP contribution is -2.46. The summed E-state index contributed by atoms with van der Waals surface area (Å²) in [4.78, 5) is 6.29. The Labute approximate surface area is 125 Å². The van der Waals surface area contributed by atoms with Gasteiger partial charge in [-0.3, -0.25) is 4.90 Å². The van der Waals surface area contributed by atoms with Crippen molar-refractivity contribution in [3.8, 4) is 0 Å². The molecule has 0 bridgehead atoms. The average Bonchev–Trinajstić information content (AvgIpc) is 2.78. The number of allylic oxidation sites excluding steroid dienone is 1. The molecule has 3 aliphatic rings. The third-order valence-electron chi connectivity index (χ3n) is 4.59. The van der Waals surface area contributed by atoms with Gasteiger partial charge in [0.05, 0.1) is 24.6 Å². The van der Waals surface area contributed by atoms with Gasteiger partial charge in [-0.1, -0.05) is 0 Å². The van der Waals surface area contributed by atoms with E-state index in [-0.39, 0.29) is 12.0 Å². The van der Waals surface area contributed by atoms with E-state index in [0.717, 1.165) is 45.7 Å². The molecule has 3 atom stereocenters. The zero-order valence-electron chi connectivity index (χ0n) is 12.0. The topological polar surface area (TPSA) is 65.6 Å². The molecule has 0 spiro atoms. The molecule has 0 radical (unpaired) electrons. The van der Waals surface area contributed by atoms with Crippen molar-refractivity contribution in [2.24, 2.45) is 11.7 Å². The summed E-state index contributed by atoms with van der Waals surface area (Å²) in [5.74, 6) is 0.207. The van der Waals surface area contributed by atoms with Crippen molar-refractivity contribution in [1.82, 2.24) is 9.80 Å². The number of nitrogens with one attached hydrogen (secondary N) is 1. The van der Waals surface area contributed by atoms with Gasteiger partial charge in [0.25, 0.3) is 0 Å². The number of ether oxygens (including phenoxy) is 1. The van der Waals surface area contributed by atoms with E-state index < -0.39 is 0 Å². The summed E-state index contributed by atoms with van der Waals surface area (Å²) in [5.41, 5.74) is 7.65. The van der Waals surface area contributed by atoms with Crippen LogP contribution in [0.2, 0.25) is 0 Å². The molecule has 2 unspecified atom stereocenters. The van der Waals surface area contributed by atoms with Gasteiger partial charge >= 0.3 is 0 Å². The molecule has 0 amide bonds. The van der Waals surface area contributed by atoms with Crippen molar-refractivity contribution in [3.63, 3.8) is 0 Å². The summed E-state index contributed by atoms with van der Waals surface area (Å²) in [6.07, 6.45) is 3.63. The highest BCUT2D eigenvalue weighted by atomic mass is 32.2. The number of nitrogens with two attached hydrogens (primary N) is 1. The smallest absolute Gasteiger partial charge is 0.0915 e. The minimum Gasteiger partial charge on any atom is -0.379 e. The van der Waals surface area contributed by atoms with Crippen LogP contribution in [0.25, 0.3) is 0 Å². The maximum Gasteiger partial charge on any atom is 0.0915 e. The fourth-order valence-electron chi connectivity index (χ4n) is 3.29. The molecule has 2 aliphatic heterocycles. The predicted molar refractivity (Wildman–Crippen MR) is 82.9 cm³/mol. The van der Waals surface area contributed by atoms with Crippen LogP contribution in [0.4, 0.5) is 0 Å². The van der Waals surface area contributed by atoms with E-state index in [1.165, 1.54) is 16.8 Å². The summed E-state index contributed by atoms with van der Waals surface area (Å²) in [6.45, 7) is 4.84. The minimum absolute atomic E-state index is 0.00318. The SMILES string of the molecule is CN1C2=C(CCC(C=N)C2N)S[C@H]1CN1CCOCC1. The van der Waals surface area contributed by atoms with Gasteiger partial charge in [0.1, 0.15) is 0 Å². The number of morpholine rings is 1. The van der Waals surface area contributed by atoms with Gasteiger partial charge < -0.3 is 20.8 Å². The third kappa shape index (κ3) is 2.62. The van der Waals surface area contributed by atoms with Crippen LogP contribution in [0, 0.1) is 11.3 Å². The molecular formula is C14H24N4OS. The Morgan fingerprint density at radius 3 is 2.90 bits per heavy atom. The van der Waals surface area contributed by atoms with E-state index in [0.29, 0.717) is 5.37 Å². The molecule has 20 heavy (non-hydrogen) atoms. The van der Waals surface area contributed by atoms with Crippen LogP contribution in [-0.2, 0) is 4.74 Å². The lowest BCUT2D eigenvalue weighted by molar-refractivity contribution is 0.0336. The molecule has 1 fully saturated rings. The van der Waals surface area contributed by atoms with E-state index in [1.807, 2.05) is 11.8 Å². The first kappa shape index (κ1) is 14.4. The van der Waals surface area contributed by atoms with Crippen LogP contribution in [-0.4, -0.2) is 67.3 Å². The molecule has 0 aromatic carbocycles. The van der Waals surface area contributed by atoms with Crippen LogP contribution in [0.1, 0.15) is 12.8 Å². The van der Waals surface area contributed by atoms with Crippen molar-refractivity contribution < 1.29 is 4.74 Å². The Balaban J connectivity index is 1.66. The minimum atomic E-state index is 0.00318. The van der Waals surface area contributed by atoms with Crippen molar-refractivity contribution >= 4 is 18.0 Å². The quantitative estimate of drug-likeness (QED) is 0.758. The van der Waals surface area contributed by atoms with Gasteiger partial charge in [0, 0.05) is 49.4 Å². The zero-order valence-corrected chi connectivity index (χ0v) is 12.9. The molecule has 1 saturated heterocycles. The highest BCUT2D eigenvalue weighted by Crippen LogP contribution is 2.45. The number of thioether (sulfide) groups is 1. The van der Waals surface area contributed by atoms with E-state index in [9.17, 15) is 0 Å². The number of rotatable bonds is 3. The van der Waals surface area contributed by atoms with Crippen LogP contribution in [0.15, 0.2) is 10.6 Å². The van der Waals surface area contributed by atoms with Gasteiger partial charge in [-0.25, -0.2) is 0 Å². The largest absolute Gasteiger partial charge is 0.379 e. The molecule has 112 valence electrons. The fourth-order valence-corrected chi connectivity index (χ4v) is 4.82. The number of hydrogen-bond donors (Lipinski definition) is 2. The monoisotopic (exact) mass is 296 g/mol. The van der Waals surface area contributed by atoms with Gasteiger partial charge in [-0.15, -0.1) is 11.8 Å². The Morgan fingerprint density at radius 2 is 2.20 bits per heavy atom. The summed E-state index contributed by atoms with van der Waals surface area (Å²) in [5, 5.41) is 7.99. The molecule has 2 heterocycles. The number of hydrogen-bond acceptors (Lipinski definition) is 6. The zero-order chi connectivity index (χ0) is 14.1. The molecule has 0 aromatic rings. The van der Waals surface area contributed by atoms with E-state index in [1.54, 1.807) is 0 Å². The maximum atomic E-state index is 7.53. The second-order valence-electron chi connectivity index (χ2n) is 5.80. The van der Waals surface area contributed by atoms with E-state index >= 15 is 0 Å². The van der Waals surface area contributed by atoms with Crippen molar-refractivity contribution in [1.29, 1.82) is 5.41 Å². The predicted octanol–water partition coefficient (Wildman–Crippen LogP) is 0.922. The molecule has 3 N–H and O–H groups in total. The van der Waals surface area contributed by atoms with E-state index in [4.69, 9.17) is 15.9 Å². The second kappa shape index (κ2) is 6.05. The summed E-state index contributed by atoms with van der Waals surface area (Å²) < 4.78 is 5.41. The fraction of sp³-hybridized carbons (Fsp3) is 0.786. The molecule has 0 saturated carbocycles. The average molecular weight is 296 g/mol. The second-order valence-corrected chi connectivity index (χ2v) is 7.07. The van der Waals surface area contributed by atoms with Crippen LogP contribution >= 0.6 is 11.8 Å². The number of likely N-dealkylation sites (N-methyl/N-ethyl adjacent to an activating group) is 1. The van der Waals surface area contributed by atoms with Crippen LogP contribution in [0.5, 0.6) is 0 Å². The summed E-state index contributed by atoms with van der Waals surface area (Å²) >= 11 is 1.98. The summed E-state index contributed by atoms with van der Waals surface area (Å²) in [6, 6.07) is 0.00318. The van der Waals surface area contributed by atoms with E-state index in [2.05, 4.69) is 16.8 Å². The molecule has 1 aliphatic carbocycles. The Hall–Kier alpha value is -0.560. The Morgan fingerprint density at radius 1 is 1.45 bits per heavy atom. The van der Waals surface area contributed by atoms with Gasteiger partial charge in [0.15, 0.2) is 0 Å². The standard InChI is InChI=1S/C14H24N4OS/c1-17-12(9-18-4-6-19-7-5-18)20-11-3-2-10(8-15)13(16)14(11)17/h8,10,12-13,15H,2-7,9,16H2,1H3/t10?,12-,13?/m0/s1. The number of nitrogens with zero attached hydrogens (tertiary/aromatic N) is 2. The maximum absolute atomic E-state index is 7.53. The van der Waals surface area contributed by atoms with Crippen molar-refractivity contribution in [2.75, 3.05) is 39.9 Å². The Kier molecular flexibility index (Phi) is 4.35. The highest BCUT2D eigenvalue weighted by molar-refractivity contribution is 8.03. The summed E-state index contributed by atoms with van der Waals surface area (Å²) in [7, 11) is 2.16. The lowest BCUT2D eigenvalue weighted by atomic mass is 9.88. The van der Waals surface area contributed by atoms with Crippen molar-refractivity contribution in [2.45, 2.75) is 24.3 Å². The van der Waals surface area contributed by atoms with Gasteiger partial charge in [-0.05, 0) is 12.8 Å². The van der Waals surface area contributed by atoms with Crippen LogP contribution < -0.4 is 5.73 Å². The van der Waals surface area contributed by atoms with Gasteiger partial charge in [0.2, 0.25) is 0 Å². The van der Waals surface area contributed by atoms with Crippen LogP contribution in [0.3, 0.4) is 0 Å². The normalized spacial score (nSPS) is 35.3.